The number of carbonyl (C=O) groups excluding carboxylic acids is 1. The first-order chi connectivity index (χ1) is 9.63. The van der Waals surface area contributed by atoms with Crippen LogP contribution < -0.4 is 5.32 Å². The van der Waals surface area contributed by atoms with Crippen LogP contribution in [0.15, 0.2) is 12.3 Å². The Labute approximate surface area is 122 Å². The van der Waals surface area contributed by atoms with Crippen LogP contribution in [0, 0.1) is 5.82 Å². The van der Waals surface area contributed by atoms with Crippen molar-refractivity contribution in [3.05, 3.63) is 28.8 Å². The monoisotopic (exact) mass is 297 g/mol. The van der Waals surface area contributed by atoms with Crippen LogP contribution in [0.5, 0.6) is 0 Å². The van der Waals surface area contributed by atoms with Crippen molar-refractivity contribution in [2.75, 3.05) is 13.1 Å². The smallest absolute Gasteiger partial charge is 0.254 e. The Morgan fingerprint density at radius 3 is 2.70 bits per heavy atom. The standard InChI is InChI=1S/C14H17ClFN3O/c15-13-12(7-9(16)8-17-13)14(20)18-10-3-5-19(6-4-10)11-1-2-11/h7-8,10-11H,1-6H2,(H,18,20). The molecular weight excluding hydrogens is 281 g/mol. The Kier molecular flexibility index (Phi) is 3.89. The number of amides is 1. The van der Waals surface area contributed by atoms with Gasteiger partial charge in [0.2, 0.25) is 0 Å². The van der Waals surface area contributed by atoms with Crippen LogP contribution in [0.4, 0.5) is 4.39 Å². The normalized spacial score (nSPS) is 20.9. The molecule has 0 atom stereocenters. The second-order valence-electron chi connectivity index (χ2n) is 5.51. The zero-order chi connectivity index (χ0) is 14.1. The highest BCUT2D eigenvalue weighted by Gasteiger charge is 2.32. The molecule has 1 aromatic rings. The molecule has 108 valence electrons. The van der Waals surface area contributed by atoms with E-state index >= 15 is 0 Å². The van der Waals surface area contributed by atoms with Gasteiger partial charge in [0, 0.05) is 25.2 Å². The fraction of sp³-hybridized carbons (Fsp3) is 0.571. The number of nitrogens with one attached hydrogen (secondary N) is 1. The van der Waals surface area contributed by atoms with Crippen molar-refractivity contribution in [2.24, 2.45) is 0 Å². The van der Waals surface area contributed by atoms with Crippen molar-refractivity contribution in [2.45, 2.75) is 37.8 Å². The third kappa shape index (κ3) is 3.10. The molecule has 0 spiro atoms. The van der Waals surface area contributed by atoms with Gasteiger partial charge in [0.15, 0.2) is 0 Å². The van der Waals surface area contributed by atoms with Crippen molar-refractivity contribution in [1.29, 1.82) is 0 Å². The molecule has 1 saturated carbocycles. The van der Waals surface area contributed by atoms with Crippen LogP contribution in [-0.2, 0) is 0 Å². The summed E-state index contributed by atoms with van der Waals surface area (Å²) in [6.45, 7) is 2.04. The fourth-order valence-electron chi connectivity index (χ4n) is 2.69. The average molecular weight is 298 g/mol. The van der Waals surface area contributed by atoms with Crippen molar-refractivity contribution < 1.29 is 9.18 Å². The molecule has 0 radical (unpaired) electrons. The van der Waals surface area contributed by atoms with Gasteiger partial charge in [-0.3, -0.25) is 4.79 Å². The van der Waals surface area contributed by atoms with Gasteiger partial charge < -0.3 is 10.2 Å². The van der Waals surface area contributed by atoms with Gasteiger partial charge in [-0.25, -0.2) is 9.37 Å². The van der Waals surface area contributed by atoms with Gasteiger partial charge in [-0.2, -0.15) is 0 Å². The second-order valence-corrected chi connectivity index (χ2v) is 5.86. The van der Waals surface area contributed by atoms with E-state index in [0.29, 0.717) is 0 Å². The molecule has 20 heavy (non-hydrogen) atoms. The average Bonchev–Trinajstić information content (AvgIpc) is 3.27. The van der Waals surface area contributed by atoms with E-state index in [1.807, 2.05) is 0 Å². The SMILES string of the molecule is O=C(NC1CCN(C2CC2)CC1)c1cc(F)cnc1Cl. The third-order valence-corrected chi connectivity index (χ3v) is 4.28. The van der Waals surface area contributed by atoms with E-state index in [2.05, 4.69) is 15.2 Å². The third-order valence-electron chi connectivity index (χ3n) is 3.98. The van der Waals surface area contributed by atoms with Crippen LogP contribution in [0.2, 0.25) is 5.15 Å². The first-order valence-electron chi connectivity index (χ1n) is 6.99. The lowest BCUT2D eigenvalue weighted by Crippen LogP contribution is -2.45. The summed E-state index contributed by atoms with van der Waals surface area (Å²) in [5, 5.41) is 2.97. The Morgan fingerprint density at radius 2 is 2.05 bits per heavy atom. The minimum atomic E-state index is -0.553. The molecule has 4 nitrogen and oxygen atoms in total. The van der Waals surface area contributed by atoms with E-state index in [1.165, 1.54) is 12.8 Å². The minimum absolute atomic E-state index is 0.0410. The zero-order valence-electron chi connectivity index (χ0n) is 11.1. The highest BCUT2D eigenvalue weighted by Crippen LogP contribution is 2.29. The van der Waals surface area contributed by atoms with Crippen molar-refractivity contribution >= 4 is 17.5 Å². The lowest BCUT2D eigenvalue weighted by Gasteiger charge is -2.32. The van der Waals surface area contributed by atoms with E-state index in [4.69, 9.17) is 11.6 Å². The first-order valence-corrected chi connectivity index (χ1v) is 7.37. The number of piperidine rings is 1. The van der Waals surface area contributed by atoms with Crippen molar-refractivity contribution in [3.8, 4) is 0 Å². The molecule has 2 aliphatic rings. The van der Waals surface area contributed by atoms with Crippen LogP contribution in [-0.4, -0.2) is 41.0 Å². The van der Waals surface area contributed by atoms with E-state index in [-0.39, 0.29) is 22.7 Å². The molecule has 0 bridgehead atoms. The van der Waals surface area contributed by atoms with Gasteiger partial charge >= 0.3 is 0 Å². The van der Waals surface area contributed by atoms with Crippen LogP contribution in [0.3, 0.4) is 0 Å². The van der Waals surface area contributed by atoms with Gasteiger partial charge in [0.1, 0.15) is 11.0 Å². The second kappa shape index (κ2) is 5.66. The maximum absolute atomic E-state index is 13.1. The molecule has 0 unspecified atom stereocenters. The molecule has 1 aromatic heterocycles. The van der Waals surface area contributed by atoms with Crippen LogP contribution >= 0.6 is 11.6 Å². The Morgan fingerprint density at radius 1 is 1.35 bits per heavy atom. The zero-order valence-corrected chi connectivity index (χ0v) is 11.9. The van der Waals surface area contributed by atoms with Crippen molar-refractivity contribution in [1.82, 2.24) is 15.2 Å². The minimum Gasteiger partial charge on any atom is -0.349 e. The molecule has 2 fully saturated rings. The summed E-state index contributed by atoms with van der Waals surface area (Å²) < 4.78 is 13.1. The van der Waals surface area contributed by atoms with Crippen LogP contribution in [0.1, 0.15) is 36.0 Å². The lowest BCUT2D eigenvalue weighted by molar-refractivity contribution is 0.0908. The molecular formula is C14H17ClFN3O. The molecule has 1 N–H and O–H groups in total. The van der Waals surface area contributed by atoms with Gasteiger partial charge in [0.25, 0.3) is 5.91 Å². The van der Waals surface area contributed by atoms with E-state index in [9.17, 15) is 9.18 Å². The van der Waals surface area contributed by atoms with Gasteiger partial charge in [0.05, 0.1) is 11.8 Å². The quantitative estimate of drug-likeness (QED) is 0.870. The first kappa shape index (κ1) is 13.8. The number of halogens is 2. The van der Waals surface area contributed by atoms with E-state index in [0.717, 1.165) is 44.2 Å². The molecule has 0 aromatic carbocycles. The molecule has 6 heteroatoms. The van der Waals surface area contributed by atoms with Gasteiger partial charge in [-0.05, 0) is 31.7 Å². The molecule has 1 aliphatic carbocycles. The summed E-state index contributed by atoms with van der Waals surface area (Å²) in [6.07, 6.45) is 5.49. The fourth-order valence-corrected chi connectivity index (χ4v) is 2.88. The summed E-state index contributed by atoms with van der Waals surface area (Å²) in [6, 6.07) is 2.04. The number of aromatic nitrogens is 1. The highest BCUT2D eigenvalue weighted by atomic mass is 35.5. The Hall–Kier alpha value is -1.20. The highest BCUT2D eigenvalue weighted by molar-refractivity contribution is 6.32. The molecule has 1 amide bonds. The van der Waals surface area contributed by atoms with E-state index < -0.39 is 5.82 Å². The maximum atomic E-state index is 13.1. The molecule has 1 saturated heterocycles. The van der Waals surface area contributed by atoms with Gasteiger partial charge in [-0.15, -0.1) is 0 Å². The molecule has 2 heterocycles. The maximum Gasteiger partial charge on any atom is 0.254 e. The Balaban J connectivity index is 1.57. The number of carbonyl (C=O) groups is 1. The van der Waals surface area contributed by atoms with Crippen LogP contribution in [0.25, 0.3) is 0 Å². The number of pyridine rings is 1. The Bertz CT molecular complexity index is 513. The number of hydrogen-bond acceptors (Lipinski definition) is 3. The summed E-state index contributed by atoms with van der Waals surface area (Å²) in [5.74, 6) is -0.894. The topological polar surface area (TPSA) is 45.2 Å². The number of nitrogens with zero attached hydrogens (tertiary/aromatic N) is 2. The predicted octanol–water partition coefficient (Wildman–Crippen LogP) is 2.23. The summed E-state index contributed by atoms with van der Waals surface area (Å²) in [4.78, 5) is 18.2. The van der Waals surface area contributed by atoms with E-state index in [1.54, 1.807) is 0 Å². The summed E-state index contributed by atoms with van der Waals surface area (Å²) in [7, 11) is 0. The number of likely N-dealkylation sites (tertiary alicyclic amines) is 1. The van der Waals surface area contributed by atoms with Gasteiger partial charge in [-0.1, -0.05) is 11.6 Å². The predicted molar refractivity (Wildman–Crippen MR) is 74.3 cm³/mol. The number of rotatable bonds is 3. The van der Waals surface area contributed by atoms with Crippen molar-refractivity contribution in [3.63, 3.8) is 0 Å². The lowest BCUT2D eigenvalue weighted by atomic mass is 10.0. The summed E-state index contributed by atoms with van der Waals surface area (Å²) >= 11 is 5.83. The summed E-state index contributed by atoms with van der Waals surface area (Å²) in [5.41, 5.74) is 0.108. The number of hydrogen-bond donors (Lipinski definition) is 1. The molecule has 3 rings (SSSR count). The largest absolute Gasteiger partial charge is 0.349 e. The molecule has 1 aliphatic heterocycles.